The Kier molecular flexibility index (Phi) is 6.68. The Labute approximate surface area is 211 Å². The van der Waals surface area contributed by atoms with Crippen LogP contribution < -0.4 is 9.64 Å². The molecule has 188 valence electrons. The molecule has 0 unspecified atom stereocenters. The van der Waals surface area contributed by atoms with Gasteiger partial charge in [0.2, 0.25) is 15.9 Å². The minimum absolute atomic E-state index is 0.0191. The maximum absolute atomic E-state index is 13.6. The monoisotopic (exact) mass is 507 g/mol. The summed E-state index contributed by atoms with van der Waals surface area (Å²) in [5.41, 5.74) is 3.17. The predicted molar refractivity (Wildman–Crippen MR) is 137 cm³/mol. The van der Waals surface area contributed by atoms with Crippen molar-refractivity contribution in [2.45, 2.75) is 31.6 Å². The van der Waals surface area contributed by atoms with Gasteiger partial charge < -0.3 is 14.2 Å². The molecular formula is C27H29N3O5S. The van der Waals surface area contributed by atoms with Crippen LogP contribution in [-0.2, 0) is 14.8 Å². The highest BCUT2D eigenvalue weighted by molar-refractivity contribution is 7.89. The summed E-state index contributed by atoms with van der Waals surface area (Å²) in [7, 11) is -3.83. The number of aromatic nitrogens is 1. The number of anilines is 1. The molecule has 3 aromatic rings. The molecule has 0 N–H and O–H groups in total. The van der Waals surface area contributed by atoms with Crippen LogP contribution in [0.4, 0.5) is 5.69 Å². The Bertz CT molecular complexity index is 1390. The zero-order valence-electron chi connectivity index (χ0n) is 20.4. The molecule has 0 radical (unpaired) electrons. The van der Waals surface area contributed by atoms with Gasteiger partial charge in [0.05, 0.1) is 12.2 Å². The van der Waals surface area contributed by atoms with E-state index in [1.165, 1.54) is 4.31 Å². The van der Waals surface area contributed by atoms with Crippen LogP contribution in [0.5, 0.6) is 5.75 Å². The summed E-state index contributed by atoms with van der Waals surface area (Å²) in [4.78, 5) is 15.2. The number of ether oxygens (including phenoxy) is 1. The van der Waals surface area contributed by atoms with Crippen LogP contribution >= 0.6 is 0 Å². The first-order valence-electron chi connectivity index (χ1n) is 12.1. The van der Waals surface area contributed by atoms with Crippen molar-refractivity contribution in [2.24, 2.45) is 5.92 Å². The van der Waals surface area contributed by atoms with E-state index in [4.69, 9.17) is 9.26 Å². The van der Waals surface area contributed by atoms with Crippen molar-refractivity contribution >= 4 is 33.8 Å². The van der Waals surface area contributed by atoms with Crippen LogP contribution in [-0.4, -0.2) is 50.0 Å². The second kappa shape index (κ2) is 9.91. The van der Waals surface area contributed by atoms with Crippen LogP contribution in [0.3, 0.4) is 0 Å². The van der Waals surface area contributed by atoms with E-state index in [2.05, 4.69) is 5.16 Å². The van der Waals surface area contributed by atoms with E-state index < -0.39 is 10.0 Å². The van der Waals surface area contributed by atoms with Gasteiger partial charge in [-0.2, -0.15) is 4.31 Å². The first kappa shape index (κ1) is 24.3. The number of fused-ring (bicyclic) bond motifs is 1. The van der Waals surface area contributed by atoms with Crippen LogP contribution in [0.15, 0.2) is 57.9 Å². The fourth-order valence-electron chi connectivity index (χ4n) is 4.74. The third-order valence-electron chi connectivity index (χ3n) is 6.73. The number of carbonyl (C=O) groups is 1. The molecule has 5 rings (SSSR count). The Morgan fingerprint density at radius 1 is 1.00 bits per heavy atom. The van der Waals surface area contributed by atoms with Crippen molar-refractivity contribution in [3.8, 4) is 5.75 Å². The Morgan fingerprint density at radius 3 is 2.47 bits per heavy atom. The summed E-state index contributed by atoms with van der Waals surface area (Å²) in [5.74, 6) is 0.681. The van der Waals surface area contributed by atoms with Gasteiger partial charge in [-0.15, -0.1) is 0 Å². The second-order valence-corrected chi connectivity index (χ2v) is 11.1. The summed E-state index contributed by atoms with van der Waals surface area (Å²) < 4.78 is 39.6. The van der Waals surface area contributed by atoms with Gasteiger partial charge in [-0.25, -0.2) is 8.42 Å². The van der Waals surface area contributed by atoms with Crippen LogP contribution in [0, 0.1) is 19.8 Å². The van der Waals surface area contributed by atoms with Crippen molar-refractivity contribution in [2.75, 3.05) is 31.1 Å². The van der Waals surface area contributed by atoms with Crippen molar-refractivity contribution in [3.05, 3.63) is 71.1 Å². The molecule has 0 saturated carbocycles. The van der Waals surface area contributed by atoms with Crippen molar-refractivity contribution in [1.29, 1.82) is 0 Å². The number of sulfonamides is 1. The quantitative estimate of drug-likeness (QED) is 0.512. The zero-order chi connectivity index (χ0) is 25.3. The SMILES string of the molecule is Cc1ccc(/C=C/c2onc(C)c2S(=O)(=O)N2CCC(C(=O)N3CCOc4ccccc43)CC2)cc1. The number of piperidine rings is 1. The van der Waals surface area contributed by atoms with Gasteiger partial charge in [-0.1, -0.05) is 53.2 Å². The van der Waals surface area contributed by atoms with E-state index in [-0.39, 0.29) is 35.6 Å². The van der Waals surface area contributed by atoms with E-state index in [0.717, 1.165) is 16.8 Å². The third-order valence-corrected chi connectivity index (χ3v) is 8.79. The highest BCUT2D eigenvalue weighted by Crippen LogP contribution is 2.34. The molecule has 0 atom stereocenters. The van der Waals surface area contributed by atoms with Crippen molar-refractivity contribution < 1.29 is 22.5 Å². The molecule has 2 aromatic carbocycles. The first-order valence-corrected chi connectivity index (χ1v) is 13.5. The van der Waals surface area contributed by atoms with Gasteiger partial charge in [-0.05, 0) is 50.5 Å². The van der Waals surface area contributed by atoms with Crippen LogP contribution in [0.25, 0.3) is 12.2 Å². The molecule has 0 bridgehead atoms. The standard InChI is InChI=1S/C27H29N3O5S/c1-19-7-9-21(10-8-19)11-12-25-26(20(2)28-35-25)36(32,33)29-15-13-22(14-16-29)27(31)30-17-18-34-24-6-4-3-5-23(24)30/h3-12,22H,13-18H2,1-2H3/b12-11+. The average Bonchev–Trinajstić information content (AvgIpc) is 3.28. The van der Waals surface area contributed by atoms with Crippen molar-refractivity contribution in [3.63, 3.8) is 0 Å². The molecule has 1 amide bonds. The smallest absolute Gasteiger partial charge is 0.248 e. The number of rotatable bonds is 5. The molecule has 0 aliphatic carbocycles. The minimum atomic E-state index is -3.83. The highest BCUT2D eigenvalue weighted by Gasteiger charge is 2.38. The van der Waals surface area contributed by atoms with E-state index in [9.17, 15) is 13.2 Å². The highest BCUT2D eigenvalue weighted by atomic mass is 32.2. The summed E-state index contributed by atoms with van der Waals surface area (Å²) in [6.07, 6.45) is 4.36. The topological polar surface area (TPSA) is 93.0 Å². The number of hydrogen-bond acceptors (Lipinski definition) is 6. The Balaban J connectivity index is 1.30. The summed E-state index contributed by atoms with van der Waals surface area (Å²) in [6.45, 7) is 5.10. The number of hydrogen-bond donors (Lipinski definition) is 0. The van der Waals surface area contributed by atoms with Crippen LogP contribution in [0.1, 0.15) is 35.4 Å². The lowest BCUT2D eigenvalue weighted by atomic mass is 9.96. The van der Waals surface area contributed by atoms with Gasteiger partial charge in [0.1, 0.15) is 18.1 Å². The Morgan fingerprint density at radius 2 is 1.72 bits per heavy atom. The normalized spacial score (nSPS) is 17.2. The van der Waals surface area contributed by atoms with E-state index >= 15 is 0 Å². The van der Waals surface area contributed by atoms with E-state index in [1.807, 2.05) is 61.5 Å². The number of amides is 1. The molecule has 1 aromatic heterocycles. The van der Waals surface area contributed by atoms with Gasteiger partial charge in [0, 0.05) is 19.0 Å². The van der Waals surface area contributed by atoms with Gasteiger partial charge in [-0.3, -0.25) is 4.79 Å². The zero-order valence-corrected chi connectivity index (χ0v) is 21.2. The second-order valence-electron chi connectivity index (χ2n) is 9.19. The number of aryl methyl sites for hydroxylation is 2. The lowest BCUT2D eigenvalue weighted by Crippen LogP contribution is -2.46. The maximum atomic E-state index is 13.6. The predicted octanol–water partition coefficient (Wildman–Crippen LogP) is 4.29. The Hall–Kier alpha value is -3.43. The molecular weight excluding hydrogens is 478 g/mol. The molecule has 2 aliphatic heterocycles. The molecule has 0 spiro atoms. The number of carbonyl (C=O) groups excluding carboxylic acids is 1. The molecule has 3 heterocycles. The minimum Gasteiger partial charge on any atom is -0.490 e. The van der Waals surface area contributed by atoms with Gasteiger partial charge in [0.25, 0.3) is 0 Å². The fourth-order valence-corrected chi connectivity index (χ4v) is 6.46. The summed E-state index contributed by atoms with van der Waals surface area (Å²) >= 11 is 0. The first-order chi connectivity index (χ1) is 17.3. The summed E-state index contributed by atoms with van der Waals surface area (Å²) in [5, 5.41) is 3.93. The van der Waals surface area contributed by atoms with Gasteiger partial charge >= 0.3 is 0 Å². The molecule has 1 saturated heterocycles. The molecule has 1 fully saturated rings. The molecule has 36 heavy (non-hydrogen) atoms. The number of benzene rings is 2. The molecule has 9 heteroatoms. The number of nitrogens with zero attached hydrogens (tertiary/aromatic N) is 3. The van der Waals surface area contributed by atoms with E-state index in [1.54, 1.807) is 17.9 Å². The van der Waals surface area contributed by atoms with E-state index in [0.29, 0.717) is 37.4 Å². The lowest BCUT2D eigenvalue weighted by molar-refractivity contribution is -0.123. The van der Waals surface area contributed by atoms with Gasteiger partial charge in [0.15, 0.2) is 10.7 Å². The maximum Gasteiger partial charge on any atom is 0.248 e. The summed E-state index contributed by atoms with van der Waals surface area (Å²) in [6, 6.07) is 15.4. The lowest BCUT2D eigenvalue weighted by Gasteiger charge is -2.35. The fraction of sp³-hybridized carbons (Fsp3) is 0.333. The molecule has 8 nitrogen and oxygen atoms in total. The molecule has 2 aliphatic rings. The largest absolute Gasteiger partial charge is 0.490 e. The third kappa shape index (κ3) is 4.68. The number of para-hydroxylation sites is 2. The van der Waals surface area contributed by atoms with Crippen molar-refractivity contribution in [1.82, 2.24) is 9.46 Å². The average molecular weight is 508 g/mol. The van der Waals surface area contributed by atoms with Crippen LogP contribution in [0.2, 0.25) is 0 Å².